The highest BCUT2D eigenvalue weighted by atomic mass is 16.4. The van der Waals surface area contributed by atoms with Crippen LogP contribution in [0.25, 0.3) is 88.0 Å². The van der Waals surface area contributed by atoms with Gasteiger partial charge in [-0.05, 0) is 0 Å². The van der Waals surface area contributed by atoms with Crippen molar-refractivity contribution in [3.05, 3.63) is 0 Å². The molecule has 0 unspecified atom stereocenters. The first kappa shape index (κ1) is 46.6. The molecule has 0 spiro atoms. The molecule has 1 aromatic heterocycles. The van der Waals surface area contributed by atoms with E-state index in [-0.39, 0.29) is 0 Å². The van der Waals surface area contributed by atoms with Gasteiger partial charge in [0, 0.05) is 54.7 Å². The normalized spacial score (nSPS) is 11.7. The molecule has 0 amide bonds. The smallest absolute Gasteiger partial charge is 0.208 e. The Morgan fingerprint density at radius 3 is 0.671 bits per heavy atom. The van der Waals surface area contributed by atoms with E-state index in [9.17, 15) is 143 Å². The third-order valence-corrected chi connectivity index (χ3v) is 12.1. The zero-order chi connectivity index (χ0) is 54.1. The van der Waals surface area contributed by atoms with Gasteiger partial charge in [-0.15, -0.1) is 0 Å². The van der Waals surface area contributed by atoms with Crippen LogP contribution in [0.1, 0.15) is 0 Å². The second-order valence-electron chi connectivity index (χ2n) is 15.8. The van der Waals surface area contributed by atoms with Crippen LogP contribution >= 0.6 is 0 Å². The minimum atomic E-state index is -2.02. The maximum Gasteiger partial charge on any atom is 0.208 e. The Hall–Kier alpha value is -11.5. The highest BCUT2D eigenvalue weighted by Crippen LogP contribution is 2.71. The fourth-order valence-electron chi connectivity index (χ4n) is 8.78. The van der Waals surface area contributed by atoms with E-state index in [0.29, 0.717) is 0 Å². The molecule has 73 heavy (non-hydrogen) atoms. The average molecular weight is 1020 g/mol. The highest BCUT2D eigenvalue weighted by Gasteiger charge is 2.42. The van der Waals surface area contributed by atoms with Crippen molar-refractivity contribution in [3.8, 4) is 205 Å². The Bertz CT molecular complexity index is 3970. The predicted octanol–water partition coefficient (Wildman–Crippen LogP) is 4.32. The summed E-state index contributed by atoms with van der Waals surface area (Å²) in [5.41, 5.74) is -15.2. The summed E-state index contributed by atoms with van der Waals surface area (Å²) in [5.74, 6) is -49.8. The molecule has 9 rings (SSSR count). The van der Waals surface area contributed by atoms with E-state index in [2.05, 4.69) is 0 Å². The molecule has 0 radical (unpaired) electrons. The maximum absolute atomic E-state index is 12.6. The standard InChI is InChI=1S/C44H28O29/c45-15-8(12-23(53)32(62)38(68)33(63)24(12)54)9(13-25(55)34(64)39(69)35(65)26(13)56)16(46)22(52)11(15)2-5-3(17(47)28(58)30(60)19(5)49)1(4-6(2)20(50)31(61)29(59)18(4)48)7-10-14-27(57)36(66)40(70)42(72)44(14)73-43(10)41(71)37(67)21(7)51/h45-72H. The Balaban J connectivity index is 1.67. The van der Waals surface area contributed by atoms with Crippen molar-refractivity contribution in [2.75, 3.05) is 0 Å². The Kier molecular flexibility index (Phi) is 9.25. The zero-order valence-electron chi connectivity index (χ0n) is 34.9. The van der Waals surface area contributed by atoms with Crippen LogP contribution in [-0.4, -0.2) is 143 Å². The van der Waals surface area contributed by atoms with Gasteiger partial charge in [-0.25, -0.2) is 0 Å². The third kappa shape index (κ3) is 5.36. The lowest BCUT2D eigenvalue weighted by molar-refractivity contribution is 0.329. The first-order chi connectivity index (χ1) is 34.0. The van der Waals surface area contributed by atoms with Gasteiger partial charge in [0.1, 0.15) is 5.75 Å². The molecule has 0 fully saturated rings. The number of furan rings is 1. The van der Waals surface area contributed by atoms with Crippen LogP contribution in [0.4, 0.5) is 0 Å². The number of hydrogen-bond acceptors (Lipinski definition) is 29. The summed E-state index contributed by atoms with van der Waals surface area (Å²) in [7, 11) is 0. The van der Waals surface area contributed by atoms with Gasteiger partial charge in [0.2, 0.25) is 86.2 Å². The van der Waals surface area contributed by atoms with Crippen molar-refractivity contribution >= 4 is 43.5 Å². The van der Waals surface area contributed by atoms with Gasteiger partial charge in [0.25, 0.3) is 0 Å². The highest BCUT2D eigenvalue weighted by molar-refractivity contribution is 6.34. The molecule has 0 aliphatic rings. The van der Waals surface area contributed by atoms with Gasteiger partial charge in [-0.2, -0.15) is 0 Å². The van der Waals surface area contributed by atoms with Crippen LogP contribution in [-0.2, 0) is 0 Å². The summed E-state index contributed by atoms with van der Waals surface area (Å²) < 4.78 is 5.40. The van der Waals surface area contributed by atoms with E-state index in [1.165, 1.54) is 0 Å². The monoisotopic (exact) mass is 1020 g/mol. The summed E-state index contributed by atoms with van der Waals surface area (Å²) in [6.45, 7) is 0. The molecule has 0 saturated heterocycles. The molecule has 29 nitrogen and oxygen atoms in total. The van der Waals surface area contributed by atoms with E-state index in [4.69, 9.17) is 4.42 Å². The summed E-state index contributed by atoms with van der Waals surface area (Å²) in [5, 5.41) is 304. The van der Waals surface area contributed by atoms with E-state index in [1.54, 1.807) is 0 Å². The molecular weight excluding hydrogens is 992 g/mol. The van der Waals surface area contributed by atoms with Gasteiger partial charge >= 0.3 is 0 Å². The molecule has 0 aliphatic heterocycles. The SMILES string of the molecule is Oc1c(O)c(O)c(-c2c(O)c(O)c(-c3c4c(O)c(O)c(O)c(O)c4c(-c4c(O)c(O)c(O)c5oc6c(O)c(O)c(O)c(O)c6c45)c4c(O)c(O)c(O)c(O)c34)c(O)c2-c2c(O)c(O)c(O)c(O)c2O)c(O)c1O. The fourth-order valence-corrected chi connectivity index (χ4v) is 8.78. The van der Waals surface area contributed by atoms with Crippen molar-refractivity contribution in [1.82, 2.24) is 0 Å². The van der Waals surface area contributed by atoms with Crippen LogP contribution in [0.15, 0.2) is 4.42 Å². The Labute approximate surface area is 395 Å². The van der Waals surface area contributed by atoms with Crippen molar-refractivity contribution in [1.29, 1.82) is 0 Å². The Morgan fingerprint density at radius 2 is 0.315 bits per heavy atom. The number of benzene rings is 8. The zero-order valence-corrected chi connectivity index (χ0v) is 34.9. The first-order valence-electron chi connectivity index (χ1n) is 19.4. The molecule has 9 aromatic rings. The minimum absolute atomic E-state index is 1.09. The third-order valence-electron chi connectivity index (χ3n) is 12.1. The van der Waals surface area contributed by atoms with Crippen molar-refractivity contribution < 1.29 is 147 Å². The molecule has 0 atom stereocenters. The summed E-state index contributed by atoms with van der Waals surface area (Å²) >= 11 is 0. The molecule has 29 heteroatoms. The molecule has 28 N–H and O–H groups in total. The van der Waals surface area contributed by atoms with E-state index < -0.39 is 249 Å². The van der Waals surface area contributed by atoms with Gasteiger partial charge in [0.15, 0.2) is 80.2 Å². The largest absolute Gasteiger partial charge is 0.506 e. The fraction of sp³-hybridized carbons (Fsp3) is 0. The van der Waals surface area contributed by atoms with E-state index in [1.807, 2.05) is 0 Å². The van der Waals surface area contributed by atoms with Gasteiger partial charge < -0.3 is 147 Å². The number of rotatable bonds is 4. The van der Waals surface area contributed by atoms with Gasteiger partial charge in [-0.3, -0.25) is 0 Å². The second-order valence-corrected chi connectivity index (χ2v) is 15.8. The molecule has 0 aliphatic carbocycles. The molecule has 1 heterocycles. The van der Waals surface area contributed by atoms with Crippen LogP contribution in [0.3, 0.4) is 0 Å². The Morgan fingerprint density at radius 1 is 0.123 bits per heavy atom. The van der Waals surface area contributed by atoms with Gasteiger partial charge in [0.05, 0.1) is 22.1 Å². The molecular formula is C44H28O29. The number of fused-ring (bicyclic) bond motifs is 5. The average Bonchev–Trinajstić information content (AvgIpc) is 3.76. The quantitative estimate of drug-likeness (QED) is 0.0663. The first-order valence-corrected chi connectivity index (χ1v) is 19.4. The maximum atomic E-state index is 12.6. The lowest BCUT2D eigenvalue weighted by Gasteiger charge is -2.26. The van der Waals surface area contributed by atoms with Crippen molar-refractivity contribution in [3.63, 3.8) is 0 Å². The molecule has 0 saturated carbocycles. The number of phenols is 28. The van der Waals surface area contributed by atoms with Crippen molar-refractivity contribution in [2.24, 2.45) is 0 Å². The molecule has 378 valence electrons. The second kappa shape index (κ2) is 14.5. The van der Waals surface area contributed by atoms with Gasteiger partial charge in [-0.1, -0.05) is 0 Å². The number of hydrogen-bond donors (Lipinski definition) is 28. The predicted molar refractivity (Wildman–Crippen MR) is 237 cm³/mol. The lowest BCUT2D eigenvalue weighted by Crippen LogP contribution is -1.98. The van der Waals surface area contributed by atoms with Crippen LogP contribution in [0, 0.1) is 0 Å². The molecule has 8 aromatic carbocycles. The van der Waals surface area contributed by atoms with Crippen LogP contribution < -0.4 is 0 Å². The molecule has 0 bridgehead atoms. The summed E-state index contributed by atoms with van der Waals surface area (Å²) in [4.78, 5) is 0. The van der Waals surface area contributed by atoms with Crippen LogP contribution in [0.5, 0.6) is 161 Å². The number of phenolic OH excluding ortho intramolecular Hbond substituents is 28. The summed E-state index contributed by atoms with van der Waals surface area (Å²) in [6, 6.07) is 0. The van der Waals surface area contributed by atoms with E-state index >= 15 is 0 Å². The minimum Gasteiger partial charge on any atom is -0.506 e. The topological polar surface area (TPSA) is 580 Å². The summed E-state index contributed by atoms with van der Waals surface area (Å²) in [6.07, 6.45) is 0. The number of aromatic hydroxyl groups is 28. The lowest BCUT2D eigenvalue weighted by atomic mass is 9.80. The van der Waals surface area contributed by atoms with Crippen molar-refractivity contribution in [2.45, 2.75) is 0 Å². The van der Waals surface area contributed by atoms with E-state index in [0.717, 1.165) is 0 Å². The van der Waals surface area contributed by atoms with Crippen LogP contribution in [0.2, 0.25) is 0 Å².